The van der Waals surface area contributed by atoms with E-state index in [0.29, 0.717) is 17.0 Å². The molecule has 0 radical (unpaired) electrons. The van der Waals surface area contributed by atoms with Crippen LogP contribution in [0.5, 0.6) is 0 Å². The smallest absolute Gasteiger partial charge is 0.408 e. The van der Waals surface area contributed by atoms with Crippen LogP contribution in [0.3, 0.4) is 0 Å². The Morgan fingerprint density at radius 3 is 2.72 bits per heavy atom. The highest BCUT2D eigenvalue weighted by atomic mass is 127. The number of alkyl carbamates (subject to hydrolysis) is 1. The highest BCUT2D eigenvalue weighted by molar-refractivity contribution is 14.1. The molecule has 0 saturated carbocycles. The number of rotatable bonds is 4. The Kier molecular flexibility index (Phi) is 5.70. The number of nitrogens with two attached hydrogens (primary N) is 1. The minimum atomic E-state index is -0.926. The highest BCUT2D eigenvalue weighted by Gasteiger charge is 2.27. The Morgan fingerprint density at radius 2 is 2.12 bits per heavy atom. The number of methoxy groups -OCH3 is 1. The lowest BCUT2D eigenvalue weighted by Crippen LogP contribution is -2.45. The molecule has 0 spiro atoms. The third kappa shape index (κ3) is 4.71. The van der Waals surface area contributed by atoms with Crippen LogP contribution in [0.2, 0.25) is 0 Å². The summed E-state index contributed by atoms with van der Waals surface area (Å²) < 4.78 is 12.4. The molecule has 0 bridgehead atoms. The SMILES string of the molecule is COC(=O)[C@@H](Cc1cc(I)c2c(N)ncnn12)NC(=O)OC(C)(C)C. The number of hydrogen-bond donors (Lipinski definition) is 2. The molecule has 3 N–H and O–H groups in total. The zero-order valence-electron chi connectivity index (χ0n) is 14.4. The molecule has 0 saturated heterocycles. The van der Waals surface area contributed by atoms with Crippen LogP contribution < -0.4 is 11.1 Å². The first-order chi connectivity index (χ1) is 11.6. The molecule has 136 valence electrons. The Bertz CT molecular complexity index is 799. The number of nitrogens with zero attached hydrogens (tertiary/aromatic N) is 3. The normalized spacial score (nSPS) is 12.7. The van der Waals surface area contributed by atoms with E-state index in [9.17, 15) is 9.59 Å². The van der Waals surface area contributed by atoms with Gasteiger partial charge in [0.1, 0.15) is 23.5 Å². The maximum absolute atomic E-state index is 12.1. The van der Waals surface area contributed by atoms with Gasteiger partial charge in [-0.05, 0) is 49.4 Å². The van der Waals surface area contributed by atoms with E-state index in [1.165, 1.54) is 13.4 Å². The van der Waals surface area contributed by atoms with Crippen LogP contribution in [0.1, 0.15) is 26.5 Å². The van der Waals surface area contributed by atoms with Gasteiger partial charge in [0, 0.05) is 15.7 Å². The van der Waals surface area contributed by atoms with Gasteiger partial charge in [-0.2, -0.15) is 5.10 Å². The van der Waals surface area contributed by atoms with Gasteiger partial charge in [-0.1, -0.05) is 0 Å². The van der Waals surface area contributed by atoms with E-state index in [0.717, 1.165) is 3.57 Å². The van der Waals surface area contributed by atoms with Gasteiger partial charge in [0.15, 0.2) is 5.82 Å². The van der Waals surface area contributed by atoms with E-state index < -0.39 is 23.7 Å². The van der Waals surface area contributed by atoms with E-state index in [1.807, 2.05) is 6.07 Å². The molecule has 0 unspecified atom stereocenters. The summed E-state index contributed by atoms with van der Waals surface area (Å²) in [6.07, 6.45) is 0.788. The molecule has 0 aliphatic carbocycles. The lowest BCUT2D eigenvalue weighted by molar-refractivity contribution is -0.143. The number of nitrogens with one attached hydrogen (secondary N) is 1. The van der Waals surface area contributed by atoms with E-state index in [1.54, 1.807) is 25.3 Å². The lowest BCUT2D eigenvalue weighted by Gasteiger charge is -2.22. The van der Waals surface area contributed by atoms with Crippen molar-refractivity contribution in [3.63, 3.8) is 0 Å². The monoisotopic (exact) mass is 461 g/mol. The number of fused-ring (bicyclic) bond motifs is 1. The van der Waals surface area contributed by atoms with Gasteiger partial charge < -0.3 is 20.5 Å². The number of amides is 1. The number of ether oxygens (including phenoxy) is 2. The summed E-state index contributed by atoms with van der Waals surface area (Å²) in [5, 5.41) is 6.70. The molecule has 1 amide bonds. The molecule has 10 heteroatoms. The van der Waals surface area contributed by atoms with Gasteiger partial charge in [-0.3, -0.25) is 0 Å². The molecule has 2 heterocycles. The standard InChI is InChI=1S/C15H20IN5O4/c1-15(2,3)25-14(23)20-10(13(22)24-4)6-8-5-9(16)11-12(17)18-7-19-21(8)11/h5,7,10H,6H2,1-4H3,(H,20,23)(H2,17,18,19)/t10-/m1/s1. The summed E-state index contributed by atoms with van der Waals surface area (Å²) in [6, 6.07) is 0.901. The first-order valence-corrected chi connectivity index (χ1v) is 8.54. The molecule has 9 nitrogen and oxygen atoms in total. The molecular weight excluding hydrogens is 441 g/mol. The number of anilines is 1. The van der Waals surface area contributed by atoms with Crippen LogP contribution in [0, 0.1) is 3.57 Å². The number of esters is 1. The van der Waals surface area contributed by atoms with Crippen LogP contribution in [-0.2, 0) is 20.7 Å². The molecule has 1 atom stereocenters. The van der Waals surface area contributed by atoms with Crippen molar-refractivity contribution in [1.82, 2.24) is 19.9 Å². The maximum Gasteiger partial charge on any atom is 0.408 e. The predicted octanol–water partition coefficient (Wildman–Crippen LogP) is 1.52. The summed E-state index contributed by atoms with van der Waals surface area (Å²) in [6.45, 7) is 5.22. The molecule has 2 aromatic heterocycles. The summed E-state index contributed by atoms with van der Waals surface area (Å²) in [5.41, 5.74) is 6.53. The topological polar surface area (TPSA) is 121 Å². The van der Waals surface area contributed by atoms with E-state index >= 15 is 0 Å². The maximum atomic E-state index is 12.1. The molecule has 0 fully saturated rings. The molecule has 0 aliphatic rings. The van der Waals surface area contributed by atoms with Crippen LogP contribution in [0.15, 0.2) is 12.4 Å². The van der Waals surface area contributed by atoms with E-state index in [2.05, 4.69) is 38.0 Å². The third-order valence-electron chi connectivity index (χ3n) is 3.20. The molecule has 2 aromatic rings. The van der Waals surface area contributed by atoms with Crippen molar-refractivity contribution in [2.45, 2.75) is 38.8 Å². The van der Waals surface area contributed by atoms with Crippen LogP contribution >= 0.6 is 22.6 Å². The van der Waals surface area contributed by atoms with Crippen LogP contribution in [0.25, 0.3) is 5.52 Å². The van der Waals surface area contributed by atoms with Gasteiger partial charge in [-0.15, -0.1) is 0 Å². The van der Waals surface area contributed by atoms with Gasteiger partial charge in [0.2, 0.25) is 0 Å². The van der Waals surface area contributed by atoms with E-state index in [4.69, 9.17) is 15.2 Å². The Hall–Kier alpha value is -2.11. The number of carbonyl (C=O) groups excluding carboxylic acids is 2. The third-order valence-corrected chi connectivity index (χ3v) is 4.02. The molecular formula is C15H20IN5O4. The van der Waals surface area contributed by atoms with Crippen molar-refractivity contribution in [3.8, 4) is 0 Å². The Balaban J connectivity index is 2.28. The predicted molar refractivity (Wildman–Crippen MR) is 99.0 cm³/mol. The fourth-order valence-electron chi connectivity index (χ4n) is 2.22. The minimum Gasteiger partial charge on any atom is -0.467 e. The largest absolute Gasteiger partial charge is 0.467 e. The van der Waals surface area contributed by atoms with Gasteiger partial charge in [0.05, 0.1) is 7.11 Å². The zero-order valence-corrected chi connectivity index (χ0v) is 16.5. The van der Waals surface area contributed by atoms with Crippen LogP contribution in [-0.4, -0.2) is 45.4 Å². The van der Waals surface area contributed by atoms with Crippen molar-refractivity contribution in [2.24, 2.45) is 0 Å². The summed E-state index contributed by atoms with van der Waals surface area (Å²) in [4.78, 5) is 28.0. The summed E-state index contributed by atoms with van der Waals surface area (Å²) >= 11 is 2.11. The molecule has 2 rings (SSSR count). The first-order valence-electron chi connectivity index (χ1n) is 7.46. The first kappa shape index (κ1) is 19.2. The van der Waals surface area contributed by atoms with Gasteiger partial charge in [-0.25, -0.2) is 19.1 Å². The van der Waals surface area contributed by atoms with Gasteiger partial charge in [0.25, 0.3) is 0 Å². The quantitative estimate of drug-likeness (QED) is 0.523. The Morgan fingerprint density at radius 1 is 1.44 bits per heavy atom. The summed E-state index contributed by atoms with van der Waals surface area (Å²) in [7, 11) is 1.26. The zero-order chi connectivity index (χ0) is 18.8. The second-order valence-electron chi connectivity index (χ2n) is 6.32. The number of halogens is 1. The average molecular weight is 461 g/mol. The van der Waals surface area contributed by atoms with Crippen molar-refractivity contribution >= 4 is 46.0 Å². The number of nitrogen functional groups attached to an aromatic ring is 1. The molecule has 0 aromatic carbocycles. The molecule has 0 aliphatic heterocycles. The number of aromatic nitrogens is 3. The number of carbonyl (C=O) groups is 2. The van der Waals surface area contributed by atoms with Crippen LogP contribution in [0.4, 0.5) is 10.6 Å². The fourth-order valence-corrected chi connectivity index (χ4v) is 3.09. The second kappa shape index (κ2) is 7.42. The summed E-state index contributed by atoms with van der Waals surface area (Å²) in [5.74, 6) is -0.252. The van der Waals surface area contributed by atoms with Crippen molar-refractivity contribution in [1.29, 1.82) is 0 Å². The van der Waals surface area contributed by atoms with Gasteiger partial charge >= 0.3 is 12.1 Å². The average Bonchev–Trinajstić information content (AvgIpc) is 2.81. The van der Waals surface area contributed by atoms with Crippen molar-refractivity contribution in [2.75, 3.05) is 12.8 Å². The second-order valence-corrected chi connectivity index (χ2v) is 7.48. The Labute approximate surface area is 158 Å². The van der Waals surface area contributed by atoms with Crippen molar-refractivity contribution < 1.29 is 19.1 Å². The molecule has 25 heavy (non-hydrogen) atoms. The fraction of sp³-hybridized carbons (Fsp3) is 0.467. The highest BCUT2D eigenvalue weighted by Crippen LogP contribution is 2.22. The van der Waals surface area contributed by atoms with E-state index in [-0.39, 0.29) is 6.42 Å². The lowest BCUT2D eigenvalue weighted by atomic mass is 10.1. The van der Waals surface area contributed by atoms with Crippen molar-refractivity contribution in [3.05, 3.63) is 21.7 Å². The number of hydrogen-bond acceptors (Lipinski definition) is 7. The minimum absolute atomic E-state index is 0.159.